The van der Waals surface area contributed by atoms with Gasteiger partial charge in [-0.15, -0.1) is 0 Å². The van der Waals surface area contributed by atoms with Crippen molar-refractivity contribution in [1.29, 1.82) is 0 Å². The molecule has 1 aliphatic carbocycles. The van der Waals surface area contributed by atoms with Gasteiger partial charge in [0.15, 0.2) is 0 Å². The van der Waals surface area contributed by atoms with Crippen LogP contribution in [0.3, 0.4) is 0 Å². The van der Waals surface area contributed by atoms with Crippen molar-refractivity contribution in [3.63, 3.8) is 0 Å². The zero-order chi connectivity index (χ0) is 28.0. The van der Waals surface area contributed by atoms with Crippen LogP contribution in [-0.2, 0) is 45.2 Å². The number of sulfonamides is 1. The molecular weight excluding hydrogens is 536 g/mol. The zero-order valence-electron chi connectivity index (χ0n) is 23.2. The molecule has 1 amide bonds. The van der Waals surface area contributed by atoms with Gasteiger partial charge in [0.05, 0.1) is 29.4 Å². The van der Waals surface area contributed by atoms with E-state index in [9.17, 15) is 13.2 Å². The molecule has 0 spiro atoms. The van der Waals surface area contributed by atoms with Crippen molar-refractivity contribution in [1.82, 2.24) is 9.88 Å². The number of carbonyl (C=O) groups excluding carboxylic acids is 1. The second-order valence-electron chi connectivity index (χ2n) is 11.4. The number of aryl methyl sites for hydroxylation is 1. The van der Waals surface area contributed by atoms with Gasteiger partial charge in [0.1, 0.15) is 0 Å². The van der Waals surface area contributed by atoms with Crippen molar-refractivity contribution in [2.24, 2.45) is 0 Å². The van der Waals surface area contributed by atoms with Crippen LogP contribution in [0.15, 0.2) is 47.4 Å². The molecule has 0 atom stereocenters. The molecule has 214 valence electrons. The first kappa shape index (κ1) is 26.5. The Balaban J connectivity index is 1.21. The number of hydrogen-bond acceptors (Lipinski definition) is 5. The van der Waals surface area contributed by atoms with Crippen molar-refractivity contribution < 1.29 is 17.9 Å². The Morgan fingerprint density at radius 3 is 2.68 bits per heavy atom. The Labute approximate surface area is 241 Å². The third-order valence-corrected chi connectivity index (χ3v) is 10.8. The van der Waals surface area contributed by atoms with Gasteiger partial charge in [-0.3, -0.25) is 14.0 Å². The zero-order valence-corrected chi connectivity index (χ0v) is 24.1. The normalized spacial score (nSPS) is 19.8. The van der Waals surface area contributed by atoms with Gasteiger partial charge in [0.2, 0.25) is 0 Å². The minimum absolute atomic E-state index is 0.201. The van der Waals surface area contributed by atoms with Crippen molar-refractivity contribution in [2.75, 3.05) is 49.0 Å². The molecule has 41 heavy (non-hydrogen) atoms. The number of nitrogens with zero attached hydrogens (tertiary/aromatic N) is 2. The summed E-state index contributed by atoms with van der Waals surface area (Å²) in [5.41, 5.74) is 8.54. The quantitative estimate of drug-likeness (QED) is 0.410. The fourth-order valence-corrected chi connectivity index (χ4v) is 8.32. The Morgan fingerprint density at radius 2 is 1.80 bits per heavy atom. The van der Waals surface area contributed by atoms with Crippen LogP contribution in [0, 0.1) is 0 Å². The van der Waals surface area contributed by atoms with Crippen LogP contribution in [0.25, 0.3) is 11.6 Å². The smallest absolute Gasteiger partial charge is 0.264 e. The van der Waals surface area contributed by atoms with Crippen molar-refractivity contribution in [2.45, 2.75) is 49.8 Å². The maximum Gasteiger partial charge on any atom is 0.264 e. The summed E-state index contributed by atoms with van der Waals surface area (Å²) in [6, 6.07) is 12.6. The number of aromatic nitrogens is 1. The molecule has 1 fully saturated rings. The highest BCUT2D eigenvalue weighted by Crippen LogP contribution is 2.39. The first-order valence-electron chi connectivity index (χ1n) is 14.8. The lowest BCUT2D eigenvalue weighted by Gasteiger charge is -2.26. The van der Waals surface area contributed by atoms with Crippen LogP contribution in [0.4, 0.5) is 11.4 Å². The number of morpholine rings is 1. The van der Waals surface area contributed by atoms with Gasteiger partial charge in [0, 0.05) is 42.3 Å². The van der Waals surface area contributed by atoms with E-state index in [4.69, 9.17) is 4.74 Å². The fourth-order valence-electron chi connectivity index (χ4n) is 6.79. The summed E-state index contributed by atoms with van der Waals surface area (Å²) in [4.78, 5) is 19.5. The van der Waals surface area contributed by atoms with Gasteiger partial charge < -0.3 is 15.0 Å². The molecule has 1 saturated heterocycles. The van der Waals surface area contributed by atoms with Gasteiger partial charge in [-0.25, -0.2) is 8.42 Å². The lowest BCUT2D eigenvalue weighted by atomic mass is 9.92. The number of nitrogens with one attached hydrogen (secondary N) is 2. The van der Waals surface area contributed by atoms with E-state index in [2.05, 4.69) is 15.2 Å². The van der Waals surface area contributed by atoms with Crippen molar-refractivity contribution in [3.05, 3.63) is 76.1 Å². The molecule has 2 aromatic carbocycles. The van der Waals surface area contributed by atoms with E-state index in [1.54, 1.807) is 18.2 Å². The van der Waals surface area contributed by atoms with Crippen molar-refractivity contribution in [3.8, 4) is 0 Å². The summed E-state index contributed by atoms with van der Waals surface area (Å²) in [5, 5.41) is 2.95. The summed E-state index contributed by atoms with van der Waals surface area (Å²) < 4.78 is 34.5. The summed E-state index contributed by atoms with van der Waals surface area (Å²) in [7, 11) is -3.77. The van der Waals surface area contributed by atoms with Gasteiger partial charge in [-0.2, -0.15) is 0 Å². The SMILES string of the molecule is O=C1Nc2ccc(S(=O)(=O)N3CCc4ccccc43)cc2C1=Cc1[nH]c2c(c1CCCN1CCOCC1)CCCC2. The monoisotopic (exact) mass is 572 g/mol. The first-order valence-corrected chi connectivity index (χ1v) is 16.2. The number of rotatable bonds is 7. The number of para-hydroxylation sites is 1. The van der Waals surface area contributed by atoms with Crippen LogP contribution in [0.5, 0.6) is 0 Å². The number of H-pyrrole nitrogens is 1. The summed E-state index contributed by atoms with van der Waals surface area (Å²) in [6.45, 7) is 5.01. The number of anilines is 2. The molecule has 0 unspecified atom stereocenters. The maximum absolute atomic E-state index is 13.8. The third kappa shape index (κ3) is 4.90. The highest BCUT2D eigenvalue weighted by molar-refractivity contribution is 7.92. The van der Waals surface area contributed by atoms with E-state index in [1.165, 1.54) is 34.0 Å². The third-order valence-electron chi connectivity index (χ3n) is 8.94. The van der Waals surface area contributed by atoms with Crippen LogP contribution >= 0.6 is 0 Å². The van der Waals surface area contributed by atoms with Crippen molar-refractivity contribution >= 4 is 39.0 Å². The molecule has 7 rings (SSSR count). The number of carbonyl (C=O) groups is 1. The Hall–Kier alpha value is -3.40. The topological polar surface area (TPSA) is 94.7 Å². The molecule has 0 radical (unpaired) electrons. The first-order chi connectivity index (χ1) is 20.0. The summed E-state index contributed by atoms with van der Waals surface area (Å²) >= 11 is 0. The second kappa shape index (κ2) is 10.8. The molecule has 0 saturated carbocycles. The van der Waals surface area contributed by atoms with Crippen LogP contribution in [0.1, 0.15) is 52.9 Å². The summed E-state index contributed by atoms with van der Waals surface area (Å²) in [5.74, 6) is -0.201. The molecule has 8 nitrogen and oxygen atoms in total. The fraction of sp³-hybridized carbons (Fsp3) is 0.406. The minimum atomic E-state index is -3.77. The molecular formula is C32H36N4O4S. The van der Waals surface area contributed by atoms with Gasteiger partial charge in [-0.1, -0.05) is 18.2 Å². The van der Waals surface area contributed by atoms with Crippen LogP contribution < -0.4 is 9.62 Å². The molecule has 3 aromatic rings. The highest BCUT2D eigenvalue weighted by atomic mass is 32.2. The van der Waals surface area contributed by atoms with Gasteiger partial charge in [0.25, 0.3) is 15.9 Å². The van der Waals surface area contributed by atoms with E-state index in [0.717, 1.165) is 75.5 Å². The van der Waals surface area contributed by atoms with Crippen LogP contribution in [0.2, 0.25) is 0 Å². The molecule has 2 N–H and O–H groups in total. The summed E-state index contributed by atoms with van der Waals surface area (Å²) in [6.07, 6.45) is 9.06. The second-order valence-corrected chi connectivity index (χ2v) is 13.3. The molecule has 4 heterocycles. The maximum atomic E-state index is 13.8. The van der Waals surface area contributed by atoms with Gasteiger partial charge >= 0.3 is 0 Å². The van der Waals surface area contributed by atoms with Crippen LogP contribution in [-0.4, -0.2) is 63.6 Å². The minimum Gasteiger partial charge on any atom is -0.379 e. The standard InChI is InChI=1S/C32H36N4O4S/c37-32-27(21-30-25(24-7-2-3-9-28(24)33-30)8-5-14-35-16-18-40-19-17-35)26-20-23(11-12-29(26)34-32)41(38,39)36-15-13-22-6-1-4-10-31(22)36/h1,4,6,10-12,20-21,33H,2-3,5,7-9,13-19H2,(H,34,37). The number of benzene rings is 2. The number of aromatic amines is 1. The number of amides is 1. The number of fused-ring (bicyclic) bond motifs is 3. The lowest BCUT2D eigenvalue weighted by molar-refractivity contribution is -0.110. The Morgan fingerprint density at radius 1 is 0.976 bits per heavy atom. The van der Waals surface area contributed by atoms with E-state index < -0.39 is 10.0 Å². The lowest BCUT2D eigenvalue weighted by Crippen LogP contribution is -2.37. The van der Waals surface area contributed by atoms with E-state index >= 15 is 0 Å². The highest BCUT2D eigenvalue weighted by Gasteiger charge is 2.33. The largest absolute Gasteiger partial charge is 0.379 e. The molecule has 1 aromatic heterocycles. The van der Waals surface area contributed by atoms with E-state index in [0.29, 0.717) is 29.8 Å². The molecule has 0 bridgehead atoms. The van der Waals surface area contributed by atoms with Gasteiger partial charge in [-0.05, 0) is 98.5 Å². The molecule has 9 heteroatoms. The van der Waals surface area contributed by atoms with E-state index in [-0.39, 0.29) is 10.8 Å². The average molecular weight is 573 g/mol. The van der Waals surface area contributed by atoms with E-state index in [1.807, 2.05) is 30.3 Å². The Kier molecular flexibility index (Phi) is 6.97. The average Bonchev–Trinajstić information content (AvgIpc) is 3.67. The number of ether oxygens (including phenoxy) is 1. The number of hydrogen-bond donors (Lipinski definition) is 2. The predicted octanol–water partition coefficient (Wildman–Crippen LogP) is 4.40. The predicted molar refractivity (Wildman–Crippen MR) is 161 cm³/mol. The molecule has 4 aliphatic rings. The Bertz CT molecular complexity index is 1630. The molecule has 3 aliphatic heterocycles.